The summed E-state index contributed by atoms with van der Waals surface area (Å²) in [6, 6.07) is 20.0. The molecule has 1 aromatic heterocycles. The van der Waals surface area contributed by atoms with E-state index in [4.69, 9.17) is 9.47 Å². The zero-order valence-electron chi connectivity index (χ0n) is 22.3. The molecular formula is C31H35F3NO2+. The van der Waals surface area contributed by atoms with Gasteiger partial charge in [-0.25, -0.2) is 0 Å². The second-order valence-corrected chi connectivity index (χ2v) is 10.8. The molecule has 0 radical (unpaired) electrons. The van der Waals surface area contributed by atoms with Gasteiger partial charge in [-0.1, -0.05) is 24.3 Å². The molecule has 0 saturated carbocycles. The van der Waals surface area contributed by atoms with Crippen molar-refractivity contribution in [1.82, 2.24) is 0 Å². The van der Waals surface area contributed by atoms with Gasteiger partial charge in [0.25, 0.3) is 0 Å². The van der Waals surface area contributed by atoms with E-state index in [1.54, 1.807) is 42.5 Å². The van der Waals surface area contributed by atoms with Crippen LogP contribution in [0.1, 0.15) is 64.1 Å². The van der Waals surface area contributed by atoms with E-state index in [0.29, 0.717) is 11.4 Å². The Kier molecular flexibility index (Phi) is 8.52. The molecule has 0 bridgehead atoms. The molecule has 1 heterocycles. The lowest BCUT2D eigenvalue weighted by Crippen LogP contribution is -2.46. The molecule has 37 heavy (non-hydrogen) atoms. The Hall–Kier alpha value is -3.54. The van der Waals surface area contributed by atoms with E-state index >= 15 is 0 Å². The van der Waals surface area contributed by atoms with Crippen molar-refractivity contribution in [2.24, 2.45) is 0 Å². The monoisotopic (exact) mass is 510 g/mol. The van der Waals surface area contributed by atoms with E-state index in [1.807, 2.05) is 90.1 Å². The van der Waals surface area contributed by atoms with E-state index in [1.165, 1.54) is 4.57 Å². The predicted molar refractivity (Wildman–Crippen MR) is 144 cm³/mol. The van der Waals surface area contributed by atoms with Crippen LogP contribution < -0.4 is 14.0 Å². The van der Waals surface area contributed by atoms with Gasteiger partial charge in [0.1, 0.15) is 22.7 Å². The third kappa shape index (κ3) is 9.79. The molecule has 0 fully saturated rings. The van der Waals surface area contributed by atoms with Crippen molar-refractivity contribution in [3.8, 4) is 11.5 Å². The number of halogens is 3. The van der Waals surface area contributed by atoms with E-state index < -0.39 is 12.7 Å². The van der Waals surface area contributed by atoms with E-state index in [9.17, 15) is 13.2 Å². The summed E-state index contributed by atoms with van der Waals surface area (Å²) in [6.07, 6.45) is 2.62. The molecule has 3 aromatic rings. The smallest absolute Gasteiger partial charge is 0.448 e. The third-order valence-corrected chi connectivity index (χ3v) is 5.00. The van der Waals surface area contributed by atoms with Crippen molar-refractivity contribution in [2.75, 3.05) is 0 Å². The van der Waals surface area contributed by atoms with Crippen molar-refractivity contribution in [3.63, 3.8) is 0 Å². The average molecular weight is 511 g/mol. The Labute approximate surface area is 217 Å². The lowest BCUT2D eigenvalue weighted by molar-refractivity contribution is -0.722. The van der Waals surface area contributed by atoms with E-state index in [-0.39, 0.29) is 11.2 Å². The SMILES string of the molecule is CC(C)(C)Oc1ccc(/C=C/c2cccc(/C=C/c3ccc(OC(C)(C)C)cc3)[n+]2CC(F)(F)F)cc1. The summed E-state index contributed by atoms with van der Waals surface area (Å²) in [6.45, 7) is 10.7. The maximum absolute atomic E-state index is 13.5. The number of benzene rings is 2. The minimum absolute atomic E-state index is 0.309. The molecule has 0 aliphatic rings. The van der Waals surface area contributed by atoms with Crippen molar-refractivity contribution in [1.29, 1.82) is 0 Å². The molecule has 0 amide bonds. The lowest BCUT2D eigenvalue weighted by Gasteiger charge is -2.21. The van der Waals surface area contributed by atoms with Gasteiger partial charge in [-0.15, -0.1) is 0 Å². The topological polar surface area (TPSA) is 22.3 Å². The molecule has 3 nitrogen and oxygen atoms in total. The lowest BCUT2D eigenvalue weighted by atomic mass is 10.1. The molecule has 0 aliphatic heterocycles. The highest BCUT2D eigenvalue weighted by Crippen LogP contribution is 2.22. The number of nitrogens with zero attached hydrogens (tertiary/aromatic N) is 1. The standard InChI is InChI=1S/C31H35F3NO2/c1-29(2,3)36-27-18-12-23(13-19-27)10-16-25-8-7-9-26(35(25)22-31(32,33)34)17-11-24-14-20-28(21-15-24)37-30(4,5)6/h7-21H,22H2,1-6H3/q+1/b16-10+,17-11+. The molecular weight excluding hydrogens is 475 g/mol. The first-order chi connectivity index (χ1) is 17.2. The van der Waals surface area contributed by atoms with Gasteiger partial charge in [0.05, 0.1) is 0 Å². The van der Waals surface area contributed by atoms with E-state index in [2.05, 4.69) is 0 Å². The quantitative estimate of drug-likeness (QED) is 0.299. The number of ether oxygens (including phenoxy) is 2. The maximum Gasteiger partial charge on any atom is 0.448 e. The summed E-state index contributed by atoms with van der Waals surface area (Å²) in [4.78, 5) is 0. The van der Waals surface area contributed by atoms with Crippen LogP contribution >= 0.6 is 0 Å². The minimum atomic E-state index is -4.37. The molecule has 2 aromatic carbocycles. The van der Waals surface area contributed by atoms with E-state index in [0.717, 1.165) is 22.6 Å². The highest BCUT2D eigenvalue weighted by atomic mass is 19.4. The van der Waals surface area contributed by atoms with Gasteiger partial charge < -0.3 is 9.47 Å². The third-order valence-electron chi connectivity index (χ3n) is 5.00. The van der Waals surface area contributed by atoms with Crippen LogP contribution in [-0.4, -0.2) is 17.4 Å². The normalized spacial score (nSPS) is 12.9. The molecule has 0 N–H and O–H groups in total. The fraction of sp³-hybridized carbons (Fsp3) is 0.323. The van der Waals surface area contributed by atoms with Gasteiger partial charge in [-0.05, 0) is 95.2 Å². The number of alkyl halides is 3. The highest BCUT2D eigenvalue weighted by Gasteiger charge is 2.35. The van der Waals surface area contributed by atoms with Crippen molar-refractivity contribution >= 4 is 24.3 Å². The highest BCUT2D eigenvalue weighted by molar-refractivity contribution is 5.69. The van der Waals surface area contributed by atoms with Crippen LogP contribution in [0.3, 0.4) is 0 Å². The zero-order valence-corrected chi connectivity index (χ0v) is 22.3. The van der Waals surface area contributed by atoms with Gasteiger partial charge in [-0.2, -0.15) is 17.7 Å². The van der Waals surface area contributed by atoms with Crippen LogP contribution in [-0.2, 0) is 6.54 Å². The number of aromatic nitrogens is 1. The molecule has 6 heteroatoms. The first kappa shape index (κ1) is 28.0. The van der Waals surface area contributed by atoms with Crippen LogP contribution in [0.15, 0.2) is 66.7 Å². The Morgan fingerprint density at radius 3 is 1.30 bits per heavy atom. The number of hydrogen-bond acceptors (Lipinski definition) is 2. The largest absolute Gasteiger partial charge is 0.488 e. The minimum Gasteiger partial charge on any atom is -0.488 e. The molecule has 0 saturated heterocycles. The Balaban J connectivity index is 1.85. The second-order valence-electron chi connectivity index (χ2n) is 10.8. The van der Waals surface area contributed by atoms with Crippen molar-refractivity contribution in [3.05, 3.63) is 89.2 Å². The fourth-order valence-corrected chi connectivity index (χ4v) is 3.59. The van der Waals surface area contributed by atoms with Gasteiger partial charge in [-0.3, -0.25) is 0 Å². The second kappa shape index (κ2) is 11.2. The van der Waals surface area contributed by atoms with Gasteiger partial charge in [0, 0.05) is 24.3 Å². The number of hydrogen-bond donors (Lipinski definition) is 0. The molecule has 3 rings (SSSR count). The predicted octanol–water partition coefficient (Wildman–Crippen LogP) is 8.23. The summed E-state index contributed by atoms with van der Waals surface area (Å²) >= 11 is 0. The summed E-state index contributed by atoms with van der Waals surface area (Å²) in [7, 11) is 0. The van der Waals surface area contributed by atoms with Crippen LogP contribution in [0, 0.1) is 0 Å². The fourth-order valence-electron chi connectivity index (χ4n) is 3.59. The molecule has 0 atom stereocenters. The maximum atomic E-state index is 13.5. The zero-order chi connectivity index (χ0) is 27.3. The van der Waals surface area contributed by atoms with Gasteiger partial charge >= 0.3 is 6.18 Å². The summed E-state index contributed by atoms with van der Waals surface area (Å²) < 4.78 is 53.4. The van der Waals surface area contributed by atoms with Crippen LogP contribution in [0.25, 0.3) is 24.3 Å². The Bertz CT molecular complexity index is 1140. The number of pyridine rings is 1. The summed E-state index contributed by atoms with van der Waals surface area (Å²) in [5.74, 6) is 1.48. The Morgan fingerprint density at radius 2 is 0.973 bits per heavy atom. The first-order valence-corrected chi connectivity index (χ1v) is 12.2. The van der Waals surface area contributed by atoms with Crippen molar-refractivity contribution < 1.29 is 27.2 Å². The van der Waals surface area contributed by atoms with Crippen molar-refractivity contribution in [2.45, 2.75) is 65.5 Å². The van der Waals surface area contributed by atoms with Crippen LogP contribution in [0.5, 0.6) is 11.5 Å². The molecule has 0 spiro atoms. The molecule has 196 valence electrons. The van der Waals surface area contributed by atoms with Gasteiger partial charge in [0.15, 0.2) is 0 Å². The molecule has 0 unspecified atom stereocenters. The summed E-state index contributed by atoms with van der Waals surface area (Å²) in [5, 5.41) is 0. The number of rotatable bonds is 7. The van der Waals surface area contributed by atoms with Gasteiger partial charge in [0.2, 0.25) is 17.9 Å². The summed E-state index contributed by atoms with van der Waals surface area (Å²) in [5.41, 5.74) is 2.00. The Morgan fingerprint density at radius 1 is 0.595 bits per heavy atom. The van der Waals surface area contributed by atoms with Crippen LogP contribution in [0.2, 0.25) is 0 Å². The van der Waals surface area contributed by atoms with Crippen LogP contribution in [0.4, 0.5) is 13.2 Å². The first-order valence-electron chi connectivity index (χ1n) is 12.2. The molecule has 0 aliphatic carbocycles. The average Bonchev–Trinajstić information content (AvgIpc) is 2.76.